The summed E-state index contributed by atoms with van der Waals surface area (Å²) in [5, 5.41) is 9.07. The number of carboxylic acids is 1. The summed E-state index contributed by atoms with van der Waals surface area (Å²) >= 11 is 0. The summed E-state index contributed by atoms with van der Waals surface area (Å²) in [5.74, 6) is -0.0558. The Morgan fingerprint density at radius 3 is 2.62 bits per heavy atom. The number of ether oxygens (including phenoxy) is 2. The molecule has 0 radical (unpaired) electrons. The Balaban J connectivity index is 2.66. The largest absolute Gasteiger partial charge is 0.486 e. The standard InChI is InChI=1S/C11H13NO4/c1-2-6-7(11(13)14)5-8(12)10-9(6)15-3-4-16-10/h5H,2-4,12H2,1H3,(H,13,14). The fraction of sp³-hybridized carbons (Fsp3) is 0.364. The van der Waals surface area contributed by atoms with Crippen molar-refractivity contribution in [1.82, 2.24) is 0 Å². The van der Waals surface area contributed by atoms with Gasteiger partial charge in [-0.25, -0.2) is 4.79 Å². The van der Waals surface area contributed by atoms with Crippen molar-refractivity contribution < 1.29 is 19.4 Å². The molecule has 0 spiro atoms. The lowest BCUT2D eigenvalue weighted by atomic mass is 10.0. The van der Waals surface area contributed by atoms with E-state index in [2.05, 4.69) is 0 Å². The summed E-state index contributed by atoms with van der Waals surface area (Å²) in [7, 11) is 0. The number of nitrogens with two attached hydrogens (primary N) is 1. The second kappa shape index (κ2) is 3.92. The lowest BCUT2D eigenvalue weighted by Gasteiger charge is -2.23. The minimum Gasteiger partial charge on any atom is -0.486 e. The van der Waals surface area contributed by atoms with Crippen LogP contribution in [-0.2, 0) is 6.42 Å². The van der Waals surface area contributed by atoms with E-state index < -0.39 is 5.97 Å². The van der Waals surface area contributed by atoms with Gasteiger partial charge in [-0.1, -0.05) is 6.92 Å². The molecule has 0 aromatic heterocycles. The van der Waals surface area contributed by atoms with E-state index in [9.17, 15) is 4.79 Å². The molecule has 0 unspecified atom stereocenters. The monoisotopic (exact) mass is 223 g/mol. The zero-order valence-corrected chi connectivity index (χ0v) is 8.95. The van der Waals surface area contributed by atoms with E-state index in [0.29, 0.717) is 42.4 Å². The van der Waals surface area contributed by atoms with Crippen LogP contribution in [0.1, 0.15) is 22.8 Å². The van der Waals surface area contributed by atoms with Crippen LogP contribution in [0.25, 0.3) is 0 Å². The van der Waals surface area contributed by atoms with Crippen molar-refractivity contribution in [2.24, 2.45) is 0 Å². The van der Waals surface area contributed by atoms with E-state index >= 15 is 0 Å². The first-order chi connectivity index (χ1) is 7.65. The van der Waals surface area contributed by atoms with Crippen LogP contribution in [0.2, 0.25) is 0 Å². The molecule has 0 saturated carbocycles. The van der Waals surface area contributed by atoms with Crippen LogP contribution in [0.4, 0.5) is 5.69 Å². The molecule has 0 atom stereocenters. The van der Waals surface area contributed by atoms with Crippen molar-refractivity contribution in [3.63, 3.8) is 0 Å². The van der Waals surface area contributed by atoms with Crippen molar-refractivity contribution in [2.75, 3.05) is 18.9 Å². The Bertz CT molecular complexity index is 442. The highest BCUT2D eigenvalue weighted by molar-refractivity contribution is 5.93. The molecule has 1 heterocycles. The molecule has 3 N–H and O–H groups in total. The number of carboxylic acid groups (broad SMARTS) is 1. The molecule has 0 amide bonds. The molecular weight excluding hydrogens is 210 g/mol. The van der Waals surface area contributed by atoms with Crippen LogP contribution < -0.4 is 15.2 Å². The van der Waals surface area contributed by atoms with Gasteiger partial charge in [0.1, 0.15) is 13.2 Å². The lowest BCUT2D eigenvalue weighted by Crippen LogP contribution is -2.19. The minimum atomic E-state index is -1.000. The molecule has 0 saturated heterocycles. The third-order valence-electron chi connectivity index (χ3n) is 2.53. The van der Waals surface area contributed by atoms with E-state index in [1.54, 1.807) is 0 Å². The number of fused-ring (bicyclic) bond motifs is 1. The molecular formula is C11H13NO4. The molecule has 0 aliphatic carbocycles. The highest BCUT2D eigenvalue weighted by atomic mass is 16.6. The highest BCUT2D eigenvalue weighted by Crippen LogP contribution is 2.41. The van der Waals surface area contributed by atoms with Gasteiger partial charge in [-0.3, -0.25) is 0 Å². The Labute approximate surface area is 92.8 Å². The first kappa shape index (κ1) is 10.6. The predicted molar refractivity (Wildman–Crippen MR) is 58.2 cm³/mol. The van der Waals surface area contributed by atoms with Gasteiger partial charge >= 0.3 is 5.97 Å². The van der Waals surface area contributed by atoms with E-state index in [1.807, 2.05) is 6.92 Å². The normalized spacial score (nSPS) is 13.6. The van der Waals surface area contributed by atoms with Crippen molar-refractivity contribution in [3.05, 3.63) is 17.2 Å². The summed E-state index contributed by atoms with van der Waals surface area (Å²) in [6, 6.07) is 1.43. The van der Waals surface area contributed by atoms with Gasteiger partial charge in [0.2, 0.25) is 0 Å². The first-order valence-electron chi connectivity index (χ1n) is 5.09. The molecule has 0 bridgehead atoms. The molecule has 16 heavy (non-hydrogen) atoms. The van der Waals surface area contributed by atoms with Crippen LogP contribution in [0.5, 0.6) is 11.5 Å². The molecule has 5 heteroatoms. The Morgan fingerprint density at radius 1 is 1.44 bits per heavy atom. The molecule has 1 aliphatic heterocycles. The topological polar surface area (TPSA) is 81.8 Å². The average molecular weight is 223 g/mol. The number of hydrogen-bond acceptors (Lipinski definition) is 4. The third-order valence-corrected chi connectivity index (χ3v) is 2.53. The molecule has 2 rings (SSSR count). The lowest BCUT2D eigenvalue weighted by molar-refractivity contribution is 0.0694. The van der Waals surface area contributed by atoms with Gasteiger partial charge < -0.3 is 20.3 Å². The van der Waals surface area contributed by atoms with Gasteiger partial charge in [-0.15, -0.1) is 0 Å². The number of aromatic carboxylic acids is 1. The van der Waals surface area contributed by atoms with Gasteiger partial charge in [-0.05, 0) is 12.5 Å². The van der Waals surface area contributed by atoms with E-state index in [0.717, 1.165) is 0 Å². The number of carbonyl (C=O) groups is 1. The van der Waals surface area contributed by atoms with Gasteiger partial charge in [0.25, 0.3) is 0 Å². The summed E-state index contributed by atoms with van der Waals surface area (Å²) in [4.78, 5) is 11.1. The Hall–Kier alpha value is -1.91. The third kappa shape index (κ3) is 1.54. The van der Waals surface area contributed by atoms with E-state index in [4.69, 9.17) is 20.3 Å². The molecule has 1 aromatic carbocycles. The molecule has 5 nitrogen and oxygen atoms in total. The average Bonchev–Trinajstić information content (AvgIpc) is 2.29. The Kier molecular flexibility index (Phi) is 2.60. The second-order valence-corrected chi connectivity index (χ2v) is 3.51. The van der Waals surface area contributed by atoms with Crippen LogP contribution in [0.3, 0.4) is 0 Å². The number of rotatable bonds is 2. The summed E-state index contributed by atoms with van der Waals surface area (Å²) < 4.78 is 10.8. The van der Waals surface area contributed by atoms with Crippen molar-refractivity contribution in [2.45, 2.75) is 13.3 Å². The van der Waals surface area contributed by atoms with Crippen LogP contribution >= 0.6 is 0 Å². The quantitative estimate of drug-likeness (QED) is 0.738. The van der Waals surface area contributed by atoms with Crippen LogP contribution in [0, 0.1) is 0 Å². The number of nitrogen functional groups attached to an aromatic ring is 1. The van der Waals surface area contributed by atoms with Gasteiger partial charge in [0, 0.05) is 5.56 Å². The maximum absolute atomic E-state index is 11.1. The fourth-order valence-electron chi connectivity index (χ4n) is 1.83. The maximum Gasteiger partial charge on any atom is 0.336 e. The Morgan fingerprint density at radius 2 is 2.06 bits per heavy atom. The number of anilines is 1. The van der Waals surface area contributed by atoms with Crippen LogP contribution in [0.15, 0.2) is 6.07 Å². The first-order valence-corrected chi connectivity index (χ1v) is 5.09. The van der Waals surface area contributed by atoms with Gasteiger partial charge in [0.05, 0.1) is 11.3 Å². The van der Waals surface area contributed by atoms with Gasteiger partial charge in [-0.2, -0.15) is 0 Å². The number of hydrogen-bond donors (Lipinski definition) is 2. The SMILES string of the molecule is CCc1c(C(=O)O)cc(N)c2c1OCCO2. The summed E-state index contributed by atoms with van der Waals surface area (Å²) in [6.45, 7) is 2.73. The highest BCUT2D eigenvalue weighted by Gasteiger charge is 2.24. The molecule has 0 fully saturated rings. The fourth-order valence-corrected chi connectivity index (χ4v) is 1.83. The van der Waals surface area contributed by atoms with Crippen molar-refractivity contribution in [1.29, 1.82) is 0 Å². The predicted octanol–water partition coefficient (Wildman–Crippen LogP) is 1.30. The van der Waals surface area contributed by atoms with Gasteiger partial charge in [0.15, 0.2) is 11.5 Å². The second-order valence-electron chi connectivity index (χ2n) is 3.51. The van der Waals surface area contributed by atoms with Crippen LogP contribution in [-0.4, -0.2) is 24.3 Å². The summed E-state index contributed by atoms with van der Waals surface area (Å²) in [6.07, 6.45) is 0.563. The zero-order chi connectivity index (χ0) is 11.7. The molecule has 1 aromatic rings. The van der Waals surface area contributed by atoms with Crippen molar-refractivity contribution >= 4 is 11.7 Å². The molecule has 1 aliphatic rings. The van der Waals surface area contributed by atoms with E-state index in [-0.39, 0.29) is 5.56 Å². The zero-order valence-electron chi connectivity index (χ0n) is 8.95. The number of benzene rings is 1. The maximum atomic E-state index is 11.1. The molecule has 86 valence electrons. The van der Waals surface area contributed by atoms with Crippen molar-refractivity contribution in [3.8, 4) is 11.5 Å². The summed E-state index contributed by atoms with van der Waals surface area (Å²) in [5.41, 5.74) is 6.86. The van der Waals surface area contributed by atoms with E-state index in [1.165, 1.54) is 6.07 Å². The smallest absolute Gasteiger partial charge is 0.336 e. The minimum absolute atomic E-state index is 0.184.